The lowest BCUT2D eigenvalue weighted by atomic mass is 10.1. The van der Waals surface area contributed by atoms with Crippen LogP contribution in [0.5, 0.6) is 0 Å². The number of hydrogen-bond acceptors (Lipinski definition) is 6. The predicted molar refractivity (Wildman–Crippen MR) is 85.6 cm³/mol. The molecular formula is C13H20N4OS2. The van der Waals surface area contributed by atoms with Crippen LogP contribution in [0.1, 0.15) is 43.0 Å². The van der Waals surface area contributed by atoms with Crippen LogP contribution in [0.3, 0.4) is 0 Å². The minimum absolute atomic E-state index is 0.0921. The van der Waals surface area contributed by atoms with Gasteiger partial charge in [0.1, 0.15) is 10.6 Å². The summed E-state index contributed by atoms with van der Waals surface area (Å²) in [4.78, 5) is 12.2. The van der Waals surface area contributed by atoms with Gasteiger partial charge in [-0.25, -0.2) is 0 Å². The van der Waals surface area contributed by atoms with Crippen molar-refractivity contribution in [3.05, 3.63) is 5.56 Å². The molecule has 110 valence electrons. The number of amides is 1. The molecule has 2 fully saturated rings. The van der Waals surface area contributed by atoms with E-state index in [0.717, 1.165) is 24.4 Å². The summed E-state index contributed by atoms with van der Waals surface area (Å²) < 4.78 is 4.38. The van der Waals surface area contributed by atoms with Gasteiger partial charge in [-0.3, -0.25) is 4.79 Å². The Hall–Kier alpha value is -0.950. The van der Waals surface area contributed by atoms with Crippen LogP contribution in [0.4, 0.5) is 10.8 Å². The topological polar surface area (TPSA) is 80.0 Å². The van der Waals surface area contributed by atoms with Crippen molar-refractivity contribution in [1.82, 2.24) is 9.69 Å². The lowest BCUT2D eigenvalue weighted by molar-refractivity contribution is 0.0953. The van der Waals surface area contributed by atoms with E-state index in [2.05, 4.69) is 21.9 Å². The smallest absolute Gasteiger partial charge is 0.258 e. The molecule has 3 rings (SSSR count). The van der Waals surface area contributed by atoms with Gasteiger partial charge in [-0.2, -0.15) is 16.1 Å². The number of rotatable bonds is 5. The van der Waals surface area contributed by atoms with Crippen LogP contribution in [0.25, 0.3) is 0 Å². The van der Waals surface area contributed by atoms with Gasteiger partial charge in [0.25, 0.3) is 5.91 Å². The van der Waals surface area contributed by atoms with E-state index in [1.165, 1.54) is 30.1 Å². The summed E-state index contributed by atoms with van der Waals surface area (Å²) in [5.41, 5.74) is 6.37. The van der Waals surface area contributed by atoms with Crippen molar-refractivity contribution in [2.45, 2.75) is 43.4 Å². The second kappa shape index (κ2) is 5.44. The normalized spacial score (nSPS) is 25.6. The van der Waals surface area contributed by atoms with Gasteiger partial charge in [0, 0.05) is 17.3 Å². The molecule has 7 heteroatoms. The molecule has 1 aliphatic heterocycles. The first-order valence-electron chi connectivity index (χ1n) is 7.01. The zero-order chi connectivity index (χ0) is 14.2. The SMILES string of the molecule is CC1(CNc2snc(N)c2C(=O)NC2CC2)CCCS1. The molecule has 1 saturated carbocycles. The first kappa shape index (κ1) is 14.0. The molecule has 1 saturated heterocycles. The van der Waals surface area contributed by atoms with E-state index in [9.17, 15) is 4.79 Å². The number of carbonyl (C=O) groups is 1. The Bertz CT molecular complexity index is 506. The minimum atomic E-state index is -0.0921. The molecule has 2 aliphatic rings. The first-order valence-corrected chi connectivity index (χ1v) is 8.77. The molecule has 1 aliphatic carbocycles. The van der Waals surface area contributed by atoms with Crippen LogP contribution in [-0.2, 0) is 0 Å². The lowest BCUT2D eigenvalue weighted by Crippen LogP contribution is -2.29. The van der Waals surface area contributed by atoms with E-state index in [4.69, 9.17) is 5.73 Å². The summed E-state index contributed by atoms with van der Waals surface area (Å²) >= 11 is 3.27. The van der Waals surface area contributed by atoms with Crippen LogP contribution in [0.15, 0.2) is 0 Å². The number of nitrogens with one attached hydrogen (secondary N) is 2. The Balaban J connectivity index is 1.67. The molecule has 0 radical (unpaired) electrons. The van der Waals surface area contributed by atoms with Crippen molar-refractivity contribution < 1.29 is 4.79 Å². The van der Waals surface area contributed by atoms with E-state index < -0.39 is 0 Å². The summed E-state index contributed by atoms with van der Waals surface area (Å²) in [6.07, 6.45) is 4.62. The Morgan fingerprint density at radius 2 is 2.35 bits per heavy atom. The van der Waals surface area contributed by atoms with Gasteiger partial charge >= 0.3 is 0 Å². The standard InChI is InChI=1S/C13H20N4OS2/c1-13(5-2-6-19-13)7-15-12-9(10(14)17-20-12)11(18)16-8-3-4-8/h8,15H,2-7H2,1H3,(H2,14,17)(H,16,18). The maximum Gasteiger partial charge on any atom is 0.258 e. The second-order valence-electron chi connectivity index (χ2n) is 5.78. The number of hydrogen-bond donors (Lipinski definition) is 3. The number of anilines is 2. The fraction of sp³-hybridized carbons (Fsp3) is 0.692. The van der Waals surface area contributed by atoms with Crippen LogP contribution in [-0.4, -0.2) is 33.4 Å². The summed E-state index contributed by atoms with van der Waals surface area (Å²) in [7, 11) is 0. The van der Waals surface area contributed by atoms with Crippen molar-refractivity contribution in [3.8, 4) is 0 Å². The fourth-order valence-electron chi connectivity index (χ4n) is 2.37. The molecule has 4 N–H and O–H groups in total. The van der Waals surface area contributed by atoms with Crippen LogP contribution >= 0.6 is 23.3 Å². The van der Waals surface area contributed by atoms with Crippen molar-refractivity contribution in [1.29, 1.82) is 0 Å². The molecular weight excluding hydrogens is 292 g/mol. The highest BCUT2D eigenvalue weighted by Crippen LogP contribution is 2.38. The number of nitrogens with two attached hydrogens (primary N) is 1. The quantitative estimate of drug-likeness (QED) is 0.777. The zero-order valence-electron chi connectivity index (χ0n) is 11.6. The average molecular weight is 312 g/mol. The second-order valence-corrected chi connectivity index (χ2v) is 8.23. The molecule has 1 atom stereocenters. The third kappa shape index (κ3) is 3.03. The Kier molecular flexibility index (Phi) is 3.81. The van der Waals surface area contributed by atoms with E-state index in [1.54, 1.807) is 0 Å². The molecule has 1 aromatic rings. The minimum Gasteiger partial charge on any atom is -0.382 e. The maximum absolute atomic E-state index is 12.2. The maximum atomic E-state index is 12.2. The number of nitrogen functional groups attached to an aromatic ring is 1. The van der Waals surface area contributed by atoms with E-state index >= 15 is 0 Å². The molecule has 1 aromatic heterocycles. The monoisotopic (exact) mass is 312 g/mol. The van der Waals surface area contributed by atoms with Gasteiger partial charge in [-0.15, -0.1) is 0 Å². The van der Waals surface area contributed by atoms with Gasteiger partial charge in [0.15, 0.2) is 5.82 Å². The third-order valence-electron chi connectivity index (χ3n) is 3.78. The van der Waals surface area contributed by atoms with Crippen LogP contribution < -0.4 is 16.4 Å². The molecule has 0 bridgehead atoms. The highest BCUT2D eigenvalue weighted by Gasteiger charge is 2.31. The fourth-order valence-corrected chi connectivity index (χ4v) is 4.32. The summed E-state index contributed by atoms with van der Waals surface area (Å²) in [6.45, 7) is 3.12. The van der Waals surface area contributed by atoms with Gasteiger partial charge in [-0.05, 0) is 49.9 Å². The number of thioether (sulfide) groups is 1. The summed E-state index contributed by atoms with van der Waals surface area (Å²) in [6, 6.07) is 0.331. The van der Waals surface area contributed by atoms with Gasteiger partial charge in [0.2, 0.25) is 0 Å². The van der Waals surface area contributed by atoms with Crippen molar-refractivity contribution in [2.24, 2.45) is 0 Å². The highest BCUT2D eigenvalue weighted by molar-refractivity contribution is 8.00. The molecule has 20 heavy (non-hydrogen) atoms. The van der Waals surface area contributed by atoms with Crippen LogP contribution in [0, 0.1) is 0 Å². The van der Waals surface area contributed by atoms with E-state index in [0.29, 0.717) is 17.4 Å². The Morgan fingerprint density at radius 3 is 3.00 bits per heavy atom. The highest BCUT2D eigenvalue weighted by atomic mass is 32.2. The first-order chi connectivity index (χ1) is 9.57. The molecule has 0 aromatic carbocycles. The molecule has 5 nitrogen and oxygen atoms in total. The zero-order valence-corrected chi connectivity index (χ0v) is 13.2. The molecule has 0 spiro atoms. The third-order valence-corrected chi connectivity index (χ3v) is 6.14. The summed E-state index contributed by atoms with van der Waals surface area (Å²) in [5, 5.41) is 7.16. The number of nitrogens with zero attached hydrogens (tertiary/aromatic N) is 1. The summed E-state index contributed by atoms with van der Waals surface area (Å²) in [5.74, 6) is 1.46. The van der Waals surface area contributed by atoms with E-state index in [1.807, 2.05) is 11.8 Å². The van der Waals surface area contributed by atoms with Crippen LogP contribution in [0.2, 0.25) is 0 Å². The lowest BCUT2D eigenvalue weighted by Gasteiger charge is -2.23. The number of aromatic nitrogens is 1. The van der Waals surface area contributed by atoms with Crippen molar-refractivity contribution in [3.63, 3.8) is 0 Å². The van der Waals surface area contributed by atoms with Crippen molar-refractivity contribution in [2.75, 3.05) is 23.3 Å². The number of carbonyl (C=O) groups excluding carboxylic acids is 1. The van der Waals surface area contributed by atoms with Crippen molar-refractivity contribution >= 4 is 40.0 Å². The van der Waals surface area contributed by atoms with E-state index in [-0.39, 0.29) is 10.7 Å². The Morgan fingerprint density at radius 1 is 1.55 bits per heavy atom. The molecule has 1 unspecified atom stereocenters. The predicted octanol–water partition coefficient (Wildman–Crippen LogP) is 2.32. The molecule has 1 amide bonds. The van der Waals surface area contributed by atoms with Gasteiger partial charge in [-0.1, -0.05) is 0 Å². The molecule has 2 heterocycles. The van der Waals surface area contributed by atoms with Gasteiger partial charge in [0.05, 0.1) is 0 Å². The largest absolute Gasteiger partial charge is 0.382 e. The Labute approximate surface area is 127 Å². The van der Waals surface area contributed by atoms with Gasteiger partial charge < -0.3 is 16.4 Å². The average Bonchev–Trinajstić information content (AvgIpc) is 2.98.